The zero-order valence-electron chi connectivity index (χ0n) is 15.0. The molecule has 1 fully saturated rings. The Bertz CT molecular complexity index is 857. The maximum Gasteiger partial charge on any atom is 0.185 e. The number of benzene rings is 2. The summed E-state index contributed by atoms with van der Waals surface area (Å²) >= 11 is 1.77. The highest BCUT2D eigenvalue weighted by Crippen LogP contribution is 2.27. The Hall–Kier alpha value is -1.91. The molecular formula is C21H25N3S. The molecule has 3 nitrogen and oxygen atoms in total. The van der Waals surface area contributed by atoms with Crippen LogP contribution < -0.4 is 4.90 Å². The Morgan fingerprint density at radius 2 is 1.84 bits per heavy atom. The highest BCUT2D eigenvalue weighted by atomic mass is 32.1. The van der Waals surface area contributed by atoms with E-state index in [4.69, 9.17) is 0 Å². The van der Waals surface area contributed by atoms with E-state index in [9.17, 15) is 0 Å². The average Bonchev–Trinajstić information content (AvgIpc) is 2.93. The van der Waals surface area contributed by atoms with Crippen LogP contribution in [0.25, 0.3) is 10.8 Å². The number of nitrogens with zero attached hydrogens (tertiary/aromatic N) is 3. The molecule has 1 saturated heterocycles. The van der Waals surface area contributed by atoms with Gasteiger partial charge in [0.2, 0.25) is 0 Å². The first-order chi connectivity index (χ1) is 12.2. The van der Waals surface area contributed by atoms with Crippen molar-refractivity contribution in [3.05, 3.63) is 59.1 Å². The molecule has 2 aromatic carbocycles. The molecule has 1 aromatic heterocycles. The highest BCUT2D eigenvalue weighted by molar-refractivity contribution is 7.13. The van der Waals surface area contributed by atoms with Crippen LogP contribution in [0.15, 0.2) is 47.8 Å². The Balaban J connectivity index is 1.49. The molecule has 1 aliphatic rings. The smallest absolute Gasteiger partial charge is 0.185 e. The molecule has 130 valence electrons. The number of fused-ring (bicyclic) bond motifs is 1. The van der Waals surface area contributed by atoms with Crippen LogP contribution in [0.2, 0.25) is 0 Å². The van der Waals surface area contributed by atoms with Crippen LogP contribution in [0.5, 0.6) is 0 Å². The second-order valence-corrected chi connectivity index (χ2v) is 7.77. The normalized spacial score (nSPS) is 17.6. The summed E-state index contributed by atoms with van der Waals surface area (Å²) < 4.78 is 0. The number of aryl methyl sites for hydroxylation is 1. The third-order valence-electron chi connectivity index (χ3n) is 5.21. The predicted molar refractivity (Wildman–Crippen MR) is 108 cm³/mol. The number of aromatic nitrogens is 1. The van der Waals surface area contributed by atoms with Crippen molar-refractivity contribution in [3.63, 3.8) is 0 Å². The van der Waals surface area contributed by atoms with Crippen molar-refractivity contribution in [2.24, 2.45) is 0 Å². The topological polar surface area (TPSA) is 19.4 Å². The summed E-state index contributed by atoms with van der Waals surface area (Å²) in [6, 6.07) is 16.0. The summed E-state index contributed by atoms with van der Waals surface area (Å²) in [4.78, 5) is 9.73. The van der Waals surface area contributed by atoms with E-state index in [0.717, 1.165) is 31.9 Å². The fourth-order valence-corrected chi connectivity index (χ4v) is 4.54. The Kier molecular flexibility index (Phi) is 4.73. The van der Waals surface area contributed by atoms with Gasteiger partial charge >= 0.3 is 0 Å². The van der Waals surface area contributed by atoms with Gasteiger partial charge in [0, 0.05) is 37.6 Å². The second kappa shape index (κ2) is 7.14. The quantitative estimate of drug-likeness (QED) is 0.670. The van der Waals surface area contributed by atoms with Crippen LogP contribution >= 0.6 is 11.3 Å². The van der Waals surface area contributed by atoms with Crippen molar-refractivity contribution in [1.82, 2.24) is 9.88 Å². The molecule has 3 aromatic rings. The number of rotatable bonds is 3. The van der Waals surface area contributed by atoms with Crippen molar-refractivity contribution in [3.8, 4) is 0 Å². The fourth-order valence-electron chi connectivity index (χ4n) is 3.68. The molecule has 0 radical (unpaired) electrons. The highest BCUT2D eigenvalue weighted by Gasteiger charge is 2.21. The van der Waals surface area contributed by atoms with Crippen LogP contribution in [0.3, 0.4) is 0 Å². The summed E-state index contributed by atoms with van der Waals surface area (Å²) in [6.07, 6.45) is 1.19. The van der Waals surface area contributed by atoms with Gasteiger partial charge in [0.15, 0.2) is 5.13 Å². The zero-order chi connectivity index (χ0) is 17.2. The summed E-state index contributed by atoms with van der Waals surface area (Å²) in [7, 11) is 0. The van der Waals surface area contributed by atoms with E-state index in [1.807, 2.05) is 0 Å². The minimum Gasteiger partial charge on any atom is -0.347 e. The first-order valence-electron chi connectivity index (χ1n) is 9.10. The summed E-state index contributed by atoms with van der Waals surface area (Å²) in [6.45, 7) is 8.82. The number of anilines is 1. The maximum absolute atomic E-state index is 4.66. The van der Waals surface area contributed by atoms with Gasteiger partial charge in [-0.05, 0) is 42.7 Å². The summed E-state index contributed by atoms with van der Waals surface area (Å²) in [5, 5.41) is 5.98. The van der Waals surface area contributed by atoms with Gasteiger partial charge < -0.3 is 4.90 Å². The van der Waals surface area contributed by atoms with Gasteiger partial charge in [0.25, 0.3) is 0 Å². The largest absolute Gasteiger partial charge is 0.347 e. The molecule has 25 heavy (non-hydrogen) atoms. The van der Waals surface area contributed by atoms with Gasteiger partial charge in [-0.1, -0.05) is 36.4 Å². The Morgan fingerprint density at radius 3 is 2.64 bits per heavy atom. The van der Waals surface area contributed by atoms with Crippen molar-refractivity contribution in [2.45, 2.75) is 26.3 Å². The molecule has 1 atom stereocenters. The molecule has 0 saturated carbocycles. The molecule has 2 heterocycles. The van der Waals surface area contributed by atoms with E-state index in [1.54, 1.807) is 11.3 Å². The van der Waals surface area contributed by atoms with Crippen LogP contribution in [-0.2, 0) is 0 Å². The van der Waals surface area contributed by atoms with Gasteiger partial charge in [-0.15, -0.1) is 11.3 Å². The first-order valence-corrected chi connectivity index (χ1v) is 9.98. The van der Waals surface area contributed by atoms with Crippen LogP contribution in [-0.4, -0.2) is 36.1 Å². The van der Waals surface area contributed by atoms with E-state index in [-0.39, 0.29) is 0 Å². The van der Waals surface area contributed by atoms with Crippen LogP contribution in [0.4, 0.5) is 5.13 Å². The molecule has 0 bridgehead atoms. The standard InChI is InChI=1S/C21H25N3S/c1-16-15-25-21(22-16)24-11-5-10-23(12-13-24)17(2)19-9-8-18-6-3-4-7-20(18)14-19/h3-4,6-9,14-15,17H,5,10-13H2,1-2H3. The lowest BCUT2D eigenvalue weighted by atomic mass is 10.0. The van der Waals surface area contributed by atoms with Crippen molar-refractivity contribution in [1.29, 1.82) is 0 Å². The minimum absolute atomic E-state index is 0.447. The van der Waals surface area contributed by atoms with Gasteiger partial charge in [-0.25, -0.2) is 4.98 Å². The molecule has 0 N–H and O–H groups in total. The SMILES string of the molecule is Cc1csc(N2CCCN(C(C)c3ccc4ccccc4c3)CC2)n1. The lowest BCUT2D eigenvalue weighted by Crippen LogP contribution is -2.32. The zero-order valence-corrected chi connectivity index (χ0v) is 15.8. The van der Waals surface area contributed by atoms with Gasteiger partial charge in [-0.3, -0.25) is 4.90 Å². The molecule has 0 spiro atoms. The molecule has 1 unspecified atom stereocenters. The summed E-state index contributed by atoms with van der Waals surface area (Å²) in [5.41, 5.74) is 2.54. The van der Waals surface area contributed by atoms with E-state index in [0.29, 0.717) is 6.04 Å². The van der Waals surface area contributed by atoms with Crippen LogP contribution in [0.1, 0.15) is 30.6 Å². The lowest BCUT2D eigenvalue weighted by molar-refractivity contribution is 0.226. The average molecular weight is 352 g/mol. The molecule has 4 heteroatoms. The fraction of sp³-hybridized carbons (Fsp3) is 0.381. The predicted octanol–water partition coefficient (Wildman–Crippen LogP) is 4.88. The third kappa shape index (κ3) is 3.55. The second-order valence-electron chi connectivity index (χ2n) is 6.93. The van der Waals surface area contributed by atoms with E-state index < -0.39 is 0 Å². The molecular weight excluding hydrogens is 326 g/mol. The minimum atomic E-state index is 0.447. The number of hydrogen-bond acceptors (Lipinski definition) is 4. The molecule has 1 aliphatic heterocycles. The molecule has 0 aliphatic carbocycles. The first kappa shape index (κ1) is 16.6. The van der Waals surface area contributed by atoms with Gasteiger partial charge in [-0.2, -0.15) is 0 Å². The van der Waals surface area contributed by atoms with Gasteiger partial charge in [0.1, 0.15) is 0 Å². The van der Waals surface area contributed by atoms with E-state index >= 15 is 0 Å². The van der Waals surface area contributed by atoms with Crippen molar-refractivity contribution >= 4 is 27.2 Å². The maximum atomic E-state index is 4.66. The van der Waals surface area contributed by atoms with E-state index in [1.165, 1.54) is 27.9 Å². The lowest BCUT2D eigenvalue weighted by Gasteiger charge is -2.28. The Morgan fingerprint density at radius 1 is 1.00 bits per heavy atom. The molecule has 4 rings (SSSR count). The Labute approximate surface area is 153 Å². The third-order valence-corrected chi connectivity index (χ3v) is 6.23. The van der Waals surface area contributed by atoms with Crippen molar-refractivity contribution in [2.75, 3.05) is 31.1 Å². The van der Waals surface area contributed by atoms with E-state index in [2.05, 4.69) is 76.5 Å². The summed E-state index contributed by atoms with van der Waals surface area (Å²) in [5.74, 6) is 0. The number of hydrogen-bond donors (Lipinski definition) is 0. The monoisotopic (exact) mass is 351 g/mol. The number of thiazole rings is 1. The molecule has 0 amide bonds. The van der Waals surface area contributed by atoms with Gasteiger partial charge in [0.05, 0.1) is 5.69 Å². The van der Waals surface area contributed by atoms with Crippen molar-refractivity contribution < 1.29 is 0 Å². The van der Waals surface area contributed by atoms with Crippen LogP contribution in [0, 0.1) is 6.92 Å².